The van der Waals surface area contributed by atoms with E-state index < -0.39 is 0 Å². The zero-order chi connectivity index (χ0) is 17.8. The summed E-state index contributed by atoms with van der Waals surface area (Å²) in [5.41, 5.74) is 2.10. The van der Waals surface area contributed by atoms with Crippen molar-refractivity contribution in [3.8, 4) is 0 Å². The molecule has 0 bridgehead atoms. The topological polar surface area (TPSA) is 78.5 Å². The van der Waals surface area contributed by atoms with Crippen molar-refractivity contribution in [1.82, 2.24) is 0 Å². The van der Waals surface area contributed by atoms with E-state index in [-0.39, 0.29) is 30.1 Å². The lowest BCUT2D eigenvalue weighted by Gasteiger charge is -2.16. The summed E-state index contributed by atoms with van der Waals surface area (Å²) in [6, 6.07) is 16.2. The summed E-state index contributed by atoms with van der Waals surface area (Å²) in [5.74, 6) is -0.767. The lowest BCUT2D eigenvalue weighted by molar-refractivity contribution is -0.122. The Morgan fingerprint density at radius 1 is 0.960 bits per heavy atom. The van der Waals surface area contributed by atoms with E-state index in [1.807, 2.05) is 30.3 Å². The Morgan fingerprint density at radius 2 is 1.56 bits per heavy atom. The fourth-order valence-corrected chi connectivity index (χ4v) is 2.83. The summed E-state index contributed by atoms with van der Waals surface area (Å²) in [4.78, 5) is 37.3. The number of nitrogens with one attached hydrogen (secondary N) is 2. The molecule has 1 fully saturated rings. The van der Waals surface area contributed by atoms with E-state index in [2.05, 4.69) is 10.6 Å². The van der Waals surface area contributed by atoms with E-state index in [0.717, 1.165) is 5.69 Å². The first-order valence-electron chi connectivity index (χ1n) is 8.07. The standard InChI is InChI=1S/C19H19N3O3/c1-13(23)20-15-7-9-16(10-8-15)21-19(25)14-11-18(24)22(12-14)17-5-3-2-4-6-17/h2-10,14H,11-12H2,1H3,(H,20,23)(H,21,25)/t14-/m0/s1. The van der Waals surface area contributed by atoms with Crippen LogP contribution in [0, 0.1) is 5.92 Å². The molecule has 6 heteroatoms. The van der Waals surface area contributed by atoms with Crippen LogP contribution in [0.15, 0.2) is 54.6 Å². The molecule has 0 radical (unpaired) electrons. The van der Waals surface area contributed by atoms with E-state index >= 15 is 0 Å². The van der Waals surface area contributed by atoms with Gasteiger partial charge >= 0.3 is 0 Å². The molecule has 3 rings (SSSR count). The average Bonchev–Trinajstić information content (AvgIpc) is 2.99. The maximum absolute atomic E-state index is 12.4. The van der Waals surface area contributed by atoms with Gasteiger partial charge in [-0.15, -0.1) is 0 Å². The molecule has 25 heavy (non-hydrogen) atoms. The maximum atomic E-state index is 12.4. The number of nitrogens with zero attached hydrogens (tertiary/aromatic N) is 1. The molecule has 2 aromatic carbocycles. The first-order valence-corrected chi connectivity index (χ1v) is 8.07. The molecule has 2 aromatic rings. The number of benzene rings is 2. The molecule has 128 valence electrons. The maximum Gasteiger partial charge on any atom is 0.229 e. The molecule has 1 aliphatic rings. The third kappa shape index (κ3) is 4.03. The van der Waals surface area contributed by atoms with E-state index in [1.54, 1.807) is 29.2 Å². The molecule has 3 amide bonds. The van der Waals surface area contributed by atoms with Crippen LogP contribution in [-0.2, 0) is 14.4 Å². The Hall–Kier alpha value is -3.15. The molecule has 6 nitrogen and oxygen atoms in total. The van der Waals surface area contributed by atoms with Crippen LogP contribution in [0.25, 0.3) is 0 Å². The molecule has 1 atom stereocenters. The molecule has 0 spiro atoms. The van der Waals surface area contributed by atoms with Gasteiger partial charge in [0.05, 0.1) is 5.92 Å². The minimum atomic E-state index is -0.386. The zero-order valence-corrected chi connectivity index (χ0v) is 13.9. The second-order valence-corrected chi connectivity index (χ2v) is 5.99. The second kappa shape index (κ2) is 7.17. The summed E-state index contributed by atoms with van der Waals surface area (Å²) in [7, 11) is 0. The van der Waals surface area contributed by atoms with Crippen molar-refractivity contribution in [2.45, 2.75) is 13.3 Å². The predicted octanol–water partition coefficient (Wildman–Crippen LogP) is 2.64. The molecule has 0 saturated carbocycles. The van der Waals surface area contributed by atoms with E-state index in [4.69, 9.17) is 0 Å². The van der Waals surface area contributed by atoms with Gasteiger partial charge in [-0.25, -0.2) is 0 Å². The Bertz CT molecular complexity index is 787. The summed E-state index contributed by atoms with van der Waals surface area (Å²) in [6.07, 6.45) is 0.199. The van der Waals surface area contributed by atoms with Gasteiger partial charge < -0.3 is 15.5 Å². The lowest BCUT2D eigenvalue weighted by atomic mass is 10.1. The van der Waals surface area contributed by atoms with Crippen molar-refractivity contribution in [3.05, 3.63) is 54.6 Å². The molecule has 0 unspecified atom stereocenters. The van der Waals surface area contributed by atoms with Crippen molar-refractivity contribution in [2.75, 3.05) is 22.1 Å². The number of hydrogen-bond donors (Lipinski definition) is 2. The van der Waals surface area contributed by atoms with Crippen molar-refractivity contribution >= 4 is 34.8 Å². The van der Waals surface area contributed by atoms with Crippen LogP contribution in [-0.4, -0.2) is 24.3 Å². The third-order valence-electron chi connectivity index (χ3n) is 4.04. The van der Waals surface area contributed by atoms with Crippen molar-refractivity contribution in [1.29, 1.82) is 0 Å². The Morgan fingerprint density at radius 3 is 2.16 bits per heavy atom. The van der Waals surface area contributed by atoms with Crippen molar-refractivity contribution < 1.29 is 14.4 Å². The van der Waals surface area contributed by atoms with E-state index in [0.29, 0.717) is 17.9 Å². The third-order valence-corrected chi connectivity index (χ3v) is 4.04. The van der Waals surface area contributed by atoms with Crippen molar-refractivity contribution in [2.24, 2.45) is 5.92 Å². The molecule has 0 aromatic heterocycles. The van der Waals surface area contributed by atoms with Gasteiger partial charge in [-0.05, 0) is 36.4 Å². The van der Waals surface area contributed by atoms with Crippen LogP contribution in [0.4, 0.5) is 17.1 Å². The number of hydrogen-bond acceptors (Lipinski definition) is 3. The largest absolute Gasteiger partial charge is 0.326 e. The van der Waals surface area contributed by atoms with Gasteiger partial charge in [-0.2, -0.15) is 0 Å². The number of carbonyl (C=O) groups excluding carboxylic acids is 3. The summed E-state index contributed by atoms with van der Waals surface area (Å²) >= 11 is 0. The van der Waals surface area contributed by atoms with Gasteiger partial charge in [0.2, 0.25) is 17.7 Å². The van der Waals surface area contributed by atoms with Crippen LogP contribution in [0.1, 0.15) is 13.3 Å². The quantitative estimate of drug-likeness (QED) is 0.900. The fourth-order valence-electron chi connectivity index (χ4n) is 2.83. The van der Waals surface area contributed by atoms with Gasteiger partial charge in [0.1, 0.15) is 0 Å². The molecular formula is C19H19N3O3. The van der Waals surface area contributed by atoms with Crippen LogP contribution >= 0.6 is 0 Å². The van der Waals surface area contributed by atoms with E-state index in [1.165, 1.54) is 6.92 Å². The molecular weight excluding hydrogens is 318 g/mol. The number of anilines is 3. The highest BCUT2D eigenvalue weighted by molar-refractivity contribution is 6.03. The van der Waals surface area contributed by atoms with Crippen LogP contribution < -0.4 is 15.5 Å². The van der Waals surface area contributed by atoms with Crippen LogP contribution in [0.5, 0.6) is 0 Å². The Kier molecular flexibility index (Phi) is 4.79. The molecule has 1 aliphatic heterocycles. The summed E-state index contributed by atoms with van der Waals surface area (Å²) in [6.45, 7) is 1.81. The Balaban J connectivity index is 1.62. The van der Waals surface area contributed by atoms with Crippen LogP contribution in [0.2, 0.25) is 0 Å². The lowest BCUT2D eigenvalue weighted by Crippen LogP contribution is -2.28. The van der Waals surface area contributed by atoms with Gasteiger partial charge in [0, 0.05) is 37.0 Å². The van der Waals surface area contributed by atoms with Crippen LogP contribution in [0.3, 0.4) is 0 Å². The van der Waals surface area contributed by atoms with Gasteiger partial charge in [-0.1, -0.05) is 18.2 Å². The van der Waals surface area contributed by atoms with Crippen molar-refractivity contribution in [3.63, 3.8) is 0 Å². The summed E-state index contributed by atoms with van der Waals surface area (Å²) < 4.78 is 0. The fraction of sp³-hybridized carbons (Fsp3) is 0.211. The first-order chi connectivity index (χ1) is 12.0. The summed E-state index contributed by atoms with van der Waals surface area (Å²) in [5, 5.41) is 5.49. The smallest absolute Gasteiger partial charge is 0.229 e. The molecule has 1 heterocycles. The number of para-hydroxylation sites is 1. The molecule has 0 aliphatic carbocycles. The van der Waals surface area contributed by atoms with Gasteiger partial charge in [0.25, 0.3) is 0 Å². The number of amides is 3. The van der Waals surface area contributed by atoms with E-state index in [9.17, 15) is 14.4 Å². The zero-order valence-electron chi connectivity index (χ0n) is 13.9. The monoisotopic (exact) mass is 337 g/mol. The number of rotatable bonds is 4. The Labute approximate surface area is 145 Å². The predicted molar refractivity (Wildman–Crippen MR) is 96.3 cm³/mol. The highest BCUT2D eigenvalue weighted by Crippen LogP contribution is 2.26. The highest BCUT2D eigenvalue weighted by Gasteiger charge is 2.35. The minimum Gasteiger partial charge on any atom is -0.326 e. The van der Waals surface area contributed by atoms with Gasteiger partial charge in [0.15, 0.2) is 0 Å². The molecule has 1 saturated heterocycles. The number of carbonyl (C=O) groups is 3. The molecule has 2 N–H and O–H groups in total. The van der Waals surface area contributed by atoms with Gasteiger partial charge in [-0.3, -0.25) is 14.4 Å². The average molecular weight is 337 g/mol. The first kappa shape index (κ1) is 16.7. The minimum absolute atomic E-state index is 0.0487. The normalized spacial score (nSPS) is 16.6. The highest BCUT2D eigenvalue weighted by atomic mass is 16.2. The SMILES string of the molecule is CC(=O)Nc1ccc(NC(=O)[C@H]2CC(=O)N(c3ccccc3)C2)cc1. The second-order valence-electron chi connectivity index (χ2n) is 5.99.